The fourth-order valence-corrected chi connectivity index (χ4v) is 1.29. The Morgan fingerprint density at radius 3 is 1.82 bits per heavy atom. The van der Waals surface area contributed by atoms with E-state index < -0.39 is 23.1 Å². The molecule has 0 radical (unpaired) electrons. The molecule has 0 saturated heterocycles. The Hall–Kier alpha value is -1.30. The van der Waals surface area contributed by atoms with Gasteiger partial charge in [-0.15, -0.1) is 0 Å². The Kier molecular flexibility index (Phi) is 4.54. The predicted molar refractivity (Wildman–Crippen MR) is 63.8 cm³/mol. The van der Waals surface area contributed by atoms with E-state index in [2.05, 4.69) is 0 Å². The molecule has 2 amide bonds. The van der Waals surface area contributed by atoms with E-state index in [9.17, 15) is 14.7 Å². The van der Waals surface area contributed by atoms with Gasteiger partial charge in [0.15, 0.2) is 0 Å². The first kappa shape index (κ1) is 15.7. The van der Waals surface area contributed by atoms with Crippen molar-refractivity contribution in [1.82, 2.24) is 9.80 Å². The molecule has 0 bridgehead atoms. The second-order valence-corrected chi connectivity index (χ2v) is 5.37. The Morgan fingerprint density at radius 2 is 1.53 bits per heavy atom. The zero-order valence-corrected chi connectivity index (χ0v) is 11.3. The SMILES string of the molecule is CN(CC(C)(C)O)C(=O)N(C)C(C)(C)C(=O)O. The maximum Gasteiger partial charge on any atom is 0.329 e. The van der Waals surface area contributed by atoms with Gasteiger partial charge in [0.2, 0.25) is 0 Å². The molecule has 17 heavy (non-hydrogen) atoms. The van der Waals surface area contributed by atoms with Gasteiger partial charge in [-0.1, -0.05) is 0 Å². The van der Waals surface area contributed by atoms with E-state index in [1.807, 2.05) is 0 Å². The number of carboxylic acids is 1. The molecule has 6 nitrogen and oxygen atoms in total. The van der Waals surface area contributed by atoms with Gasteiger partial charge in [0.1, 0.15) is 5.54 Å². The maximum absolute atomic E-state index is 11.9. The molecule has 0 aliphatic carbocycles. The first-order valence-electron chi connectivity index (χ1n) is 5.34. The zero-order chi connectivity index (χ0) is 14.0. The number of carbonyl (C=O) groups excluding carboxylic acids is 1. The largest absolute Gasteiger partial charge is 0.480 e. The molecule has 6 heteroatoms. The minimum absolute atomic E-state index is 0.131. The van der Waals surface area contributed by atoms with E-state index >= 15 is 0 Å². The molecule has 0 unspecified atom stereocenters. The molecule has 2 N–H and O–H groups in total. The summed E-state index contributed by atoms with van der Waals surface area (Å²) < 4.78 is 0. The molecule has 0 atom stereocenters. The number of carbonyl (C=O) groups is 2. The Labute approximate surface area is 102 Å². The van der Waals surface area contributed by atoms with Crippen molar-refractivity contribution in [2.45, 2.75) is 38.8 Å². The Bertz CT molecular complexity index is 307. The first-order valence-corrected chi connectivity index (χ1v) is 5.34. The summed E-state index contributed by atoms with van der Waals surface area (Å²) in [5, 5.41) is 18.6. The molecule has 0 aromatic rings. The van der Waals surface area contributed by atoms with Crippen molar-refractivity contribution in [3.63, 3.8) is 0 Å². The van der Waals surface area contributed by atoms with E-state index in [-0.39, 0.29) is 6.54 Å². The van der Waals surface area contributed by atoms with Crippen molar-refractivity contribution in [2.75, 3.05) is 20.6 Å². The van der Waals surface area contributed by atoms with Crippen molar-refractivity contribution in [1.29, 1.82) is 0 Å². The molecule has 0 aliphatic heterocycles. The molecule has 0 spiro atoms. The van der Waals surface area contributed by atoms with Gasteiger partial charge in [0.05, 0.1) is 12.1 Å². The lowest BCUT2D eigenvalue weighted by Crippen LogP contribution is -2.55. The van der Waals surface area contributed by atoms with E-state index in [1.165, 1.54) is 32.8 Å². The van der Waals surface area contributed by atoms with Crippen molar-refractivity contribution < 1.29 is 19.8 Å². The number of carboxylic acid groups (broad SMARTS) is 1. The minimum atomic E-state index is -1.29. The summed E-state index contributed by atoms with van der Waals surface area (Å²) in [6.07, 6.45) is 0. The third kappa shape index (κ3) is 4.22. The molecule has 100 valence electrons. The van der Waals surface area contributed by atoms with Crippen LogP contribution in [-0.2, 0) is 4.79 Å². The quantitative estimate of drug-likeness (QED) is 0.761. The number of nitrogens with zero attached hydrogens (tertiary/aromatic N) is 2. The number of hydrogen-bond donors (Lipinski definition) is 2. The van der Waals surface area contributed by atoms with Gasteiger partial charge >= 0.3 is 12.0 Å². The predicted octanol–water partition coefficient (Wildman–Crippen LogP) is 0.604. The van der Waals surface area contributed by atoms with Crippen LogP contribution in [0.4, 0.5) is 4.79 Å². The lowest BCUT2D eigenvalue weighted by atomic mass is 10.0. The third-order valence-electron chi connectivity index (χ3n) is 2.60. The van der Waals surface area contributed by atoms with Crippen LogP contribution < -0.4 is 0 Å². The standard InChI is InChI=1S/C11H22N2O4/c1-10(2,17)7-12(5)9(16)13(6)11(3,4)8(14)15/h17H,7H2,1-6H3,(H,14,15). The first-order chi connectivity index (χ1) is 7.39. The van der Waals surface area contributed by atoms with Gasteiger partial charge in [-0.3, -0.25) is 0 Å². The normalized spacial score (nSPS) is 12.2. The highest BCUT2D eigenvalue weighted by Crippen LogP contribution is 2.15. The topological polar surface area (TPSA) is 81.1 Å². The summed E-state index contributed by atoms with van der Waals surface area (Å²) in [5.74, 6) is -1.08. The van der Waals surface area contributed by atoms with Gasteiger partial charge < -0.3 is 20.0 Å². The van der Waals surface area contributed by atoms with Gasteiger partial charge in [-0.25, -0.2) is 9.59 Å². The molecule has 0 heterocycles. The Morgan fingerprint density at radius 1 is 1.12 bits per heavy atom. The number of aliphatic hydroxyl groups is 1. The molecule has 0 aliphatic rings. The highest BCUT2D eigenvalue weighted by molar-refractivity contribution is 5.85. The minimum Gasteiger partial charge on any atom is -0.480 e. The molecule has 0 aromatic carbocycles. The van der Waals surface area contributed by atoms with Crippen LogP contribution >= 0.6 is 0 Å². The second-order valence-electron chi connectivity index (χ2n) is 5.37. The van der Waals surface area contributed by atoms with Crippen LogP contribution in [0.5, 0.6) is 0 Å². The lowest BCUT2D eigenvalue weighted by Gasteiger charge is -2.36. The molecular weight excluding hydrogens is 224 g/mol. The number of likely N-dealkylation sites (N-methyl/N-ethyl adjacent to an activating group) is 2. The van der Waals surface area contributed by atoms with E-state index in [0.29, 0.717) is 0 Å². The van der Waals surface area contributed by atoms with Crippen LogP contribution in [0.3, 0.4) is 0 Å². The molecular formula is C11H22N2O4. The van der Waals surface area contributed by atoms with Crippen molar-refractivity contribution >= 4 is 12.0 Å². The van der Waals surface area contributed by atoms with Gasteiger partial charge in [-0.05, 0) is 27.7 Å². The average molecular weight is 246 g/mol. The number of amides is 2. The summed E-state index contributed by atoms with van der Waals surface area (Å²) in [6, 6.07) is -0.445. The number of aliphatic carboxylic acids is 1. The van der Waals surface area contributed by atoms with Crippen molar-refractivity contribution in [2.24, 2.45) is 0 Å². The second kappa shape index (κ2) is 4.91. The van der Waals surface area contributed by atoms with E-state index in [1.54, 1.807) is 13.8 Å². The summed E-state index contributed by atoms with van der Waals surface area (Å²) in [5.41, 5.74) is -2.30. The maximum atomic E-state index is 11.9. The van der Waals surface area contributed by atoms with Gasteiger partial charge in [0, 0.05) is 14.1 Å². The summed E-state index contributed by atoms with van der Waals surface area (Å²) >= 11 is 0. The number of rotatable bonds is 4. The highest BCUT2D eigenvalue weighted by atomic mass is 16.4. The molecule has 0 aromatic heterocycles. The highest BCUT2D eigenvalue weighted by Gasteiger charge is 2.37. The van der Waals surface area contributed by atoms with Crippen LogP contribution in [0, 0.1) is 0 Å². The average Bonchev–Trinajstić information content (AvgIpc) is 2.12. The van der Waals surface area contributed by atoms with Crippen LogP contribution in [0.15, 0.2) is 0 Å². The van der Waals surface area contributed by atoms with Crippen molar-refractivity contribution in [3.8, 4) is 0 Å². The summed E-state index contributed by atoms with van der Waals surface area (Å²) in [4.78, 5) is 25.4. The van der Waals surface area contributed by atoms with E-state index in [0.717, 1.165) is 4.90 Å². The number of urea groups is 1. The number of hydrogen-bond acceptors (Lipinski definition) is 3. The van der Waals surface area contributed by atoms with Crippen LogP contribution in [0.2, 0.25) is 0 Å². The van der Waals surface area contributed by atoms with Crippen molar-refractivity contribution in [3.05, 3.63) is 0 Å². The smallest absolute Gasteiger partial charge is 0.329 e. The fraction of sp³-hybridized carbons (Fsp3) is 0.818. The molecule has 0 rings (SSSR count). The zero-order valence-electron chi connectivity index (χ0n) is 11.3. The molecule has 0 fully saturated rings. The fourth-order valence-electron chi connectivity index (χ4n) is 1.29. The molecule has 0 saturated carbocycles. The van der Waals surface area contributed by atoms with Crippen LogP contribution in [0.25, 0.3) is 0 Å². The lowest BCUT2D eigenvalue weighted by molar-refractivity contribution is -0.147. The third-order valence-corrected chi connectivity index (χ3v) is 2.60. The van der Waals surface area contributed by atoms with E-state index in [4.69, 9.17) is 5.11 Å². The monoisotopic (exact) mass is 246 g/mol. The Balaban J connectivity index is 4.78. The summed E-state index contributed by atoms with van der Waals surface area (Å²) in [6.45, 7) is 6.19. The van der Waals surface area contributed by atoms with Crippen LogP contribution in [-0.4, -0.2) is 63.8 Å². The van der Waals surface area contributed by atoms with Crippen LogP contribution in [0.1, 0.15) is 27.7 Å². The summed E-state index contributed by atoms with van der Waals surface area (Å²) in [7, 11) is 2.95. The van der Waals surface area contributed by atoms with Gasteiger partial charge in [0.25, 0.3) is 0 Å². The van der Waals surface area contributed by atoms with Gasteiger partial charge in [-0.2, -0.15) is 0 Å².